The number of esters is 1. The summed E-state index contributed by atoms with van der Waals surface area (Å²) in [4.78, 5) is 15.3. The van der Waals surface area contributed by atoms with E-state index >= 15 is 0 Å². The highest BCUT2D eigenvalue weighted by Crippen LogP contribution is 2.38. The summed E-state index contributed by atoms with van der Waals surface area (Å²) in [5, 5.41) is 0. The van der Waals surface area contributed by atoms with Crippen molar-refractivity contribution >= 4 is 17.7 Å². The molecule has 4 rings (SSSR count). The average molecular weight is 450 g/mol. The van der Waals surface area contributed by atoms with E-state index in [1.807, 2.05) is 30.3 Å². The second-order valence-electron chi connectivity index (χ2n) is 7.64. The minimum atomic E-state index is -0.321. The predicted molar refractivity (Wildman–Crippen MR) is 128 cm³/mol. The molecule has 3 aromatic carbocycles. The molecule has 0 amide bonds. The van der Waals surface area contributed by atoms with Gasteiger partial charge < -0.3 is 14.2 Å². The lowest BCUT2D eigenvalue weighted by atomic mass is 10.0. The number of fused-ring (bicyclic) bond motifs is 1. The SMILES string of the molecule is COC(=O)c1ccc(CN2CCOc3c(cc(-c4ccc(SC)cc4)cc3OC)C2)cc1. The number of hydrogen-bond donors (Lipinski definition) is 0. The Balaban J connectivity index is 1.58. The maximum Gasteiger partial charge on any atom is 0.337 e. The Bertz CT molecular complexity index is 1080. The van der Waals surface area contributed by atoms with Gasteiger partial charge in [0.15, 0.2) is 11.5 Å². The minimum Gasteiger partial charge on any atom is -0.493 e. The van der Waals surface area contributed by atoms with E-state index in [2.05, 4.69) is 41.5 Å². The van der Waals surface area contributed by atoms with Gasteiger partial charge in [0, 0.05) is 30.1 Å². The third-order valence-electron chi connectivity index (χ3n) is 5.60. The Morgan fingerprint density at radius 1 is 1.03 bits per heavy atom. The van der Waals surface area contributed by atoms with Gasteiger partial charge in [-0.2, -0.15) is 0 Å². The van der Waals surface area contributed by atoms with Gasteiger partial charge in [-0.1, -0.05) is 24.3 Å². The number of thioether (sulfide) groups is 1. The van der Waals surface area contributed by atoms with Crippen molar-refractivity contribution < 1.29 is 19.0 Å². The Morgan fingerprint density at radius 3 is 2.44 bits per heavy atom. The number of methoxy groups -OCH3 is 2. The van der Waals surface area contributed by atoms with Crippen LogP contribution in [0.3, 0.4) is 0 Å². The number of nitrogens with zero attached hydrogens (tertiary/aromatic N) is 1. The molecule has 1 aliphatic rings. The largest absolute Gasteiger partial charge is 0.493 e. The summed E-state index contributed by atoms with van der Waals surface area (Å²) < 4.78 is 16.6. The fourth-order valence-corrected chi connectivity index (χ4v) is 4.31. The third-order valence-corrected chi connectivity index (χ3v) is 6.35. The monoisotopic (exact) mass is 449 g/mol. The maximum atomic E-state index is 11.7. The van der Waals surface area contributed by atoms with E-state index in [0.29, 0.717) is 12.2 Å². The first-order chi connectivity index (χ1) is 15.6. The van der Waals surface area contributed by atoms with Crippen molar-refractivity contribution in [3.8, 4) is 22.6 Å². The minimum absolute atomic E-state index is 0.321. The smallest absolute Gasteiger partial charge is 0.337 e. The van der Waals surface area contributed by atoms with Crippen molar-refractivity contribution in [1.82, 2.24) is 4.90 Å². The van der Waals surface area contributed by atoms with E-state index in [-0.39, 0.29) is 5.97 Å². The zero-order valence-electron chi connectivity index (χ0n) is 18.6. The molecular formula is C26H27NO4S. The molecule has 0 bridgehead atoms. The molecule has 0 saturated carbocycles. The van der Waals surface area contributed by atoms with E-state index < -0.39 is 0 Å². The van der Waals surface area contributed by atoms with Gasteiger partial charge in [0.2, 0.25) is 0 Å². The highest BCUT2D eigenvalue weighted by molar-refractivity contribution is 7.98. The van der Waals surface area contributed by atoms with Gasteiger partial charge in [0.1, 0.15) is 6.61 Å². The zero-order valence-corrected chi connectivity index (χ0v) is 19.4. The van der Waals surface area contributed by atoms with Gasteiger partial charge in [-0.05, 0) is 59.3 Å². The Kier molecular flexibility index (Phi) is 7.02. The molecule has 166 valence electrons. The van der Waals surface area contributed by atoms with Crippen molar-refractivity contribution in [2.75, 3.05) is 33.6 Å². The molecule has 5 nitrogen and oxygen atoms in total. The first kappa shape index (κ1) is 22.2. The summed E-state index contributed by atoms with van der Waals surface area (Å²) in [6, 6.07) is 20.4. The van der Waals surface area contributed by atoms with Gasteiger partial charge in [-0.3, -0.25) is 4.90 Å². The van der Waals surface area contributed by atoms with Crippen LogP contribution in [0.2, 0.25) is 0 Å². The topological polar surface area (TPSA) is 48.0 Å². The summed E-state index contributed by atoms with van der Waals surface area (Å²) >= 11 is 1.73. The van der Waals surface area contributed by atoms with Crippen molar-refractivity contribution in [2.45, 2.75) is 18.0 Å². The standard InChI is InChI=1S/C26H27NO4S/c1-29-24-15-21(19-8-10-23(32-3)11-9-19)14-22-17-27(12-13-31-25(22)24)16-18-4-6-20(7-5-18)26(28)30-2/h4-11,14-15H,12-13,16-17H2,1-3H3. The highest BCUT2D eigenvalue weighted by Gasteiger charge is 2.21. The number of carbonyl (C=O) groups is 1. The van der Waals surface area contributed by atoms with Crippen LogP contribution in [0.5, 0.6) is 11.5 Å². The van der Waals surface area contributed by atoms with Crippen LogP contribution in [-0.4, -0.2) is 44.5 Å². The van der Waals surface area contributed by atoms with Crippen molar-refractivity contribution in [1.29, 1.82) is 0 Å². The number of ether oxygens (including phenoxy) is 3. The average Bonchev–Trinajstić information content (AvgIpc) is 3.05. The fraction of sp³-hybridized carbons (Fsp3) is 0.269. The van der Waals surface area contributed by atoms with E-state index in [1.54, 1.807) is 18.9 Å². The molecule has 1 aliphatic heterocycles. The molecule has 0 unspecified atom stereocenters. The van der Waals surface area contributed by atoms with Crippen LogP contribution < -0.4 is 9.47 Å². The normalized spacial score (nSPS) is 13.6. The number of hydrogen-bond acceptors (Lipinski definition) is 6. The quantitative estimate of drug-likeness (QED) is 0.378. The molecule has 0 atom stereocenters. The van der Waals surface area contributed by atoms with Crippen LogP contribution in [-0.2, 0) is 17.8 Å². The van der Waals surface area contributed by atoms with Crippen LogP contribution >= 0.6 is 11.8 Å². The second kappa shape index (κ2) is 10.1. The molecule has 0 saturated heterocycles. The van der Waals surface area contributed by atoms with Crippen LogP contribution in [0.25, 0.3) is 11.1 Å². The Hall–Kier alpha value is -2.96. The third kappa shape index (κ3) is 4.92. The van der Waals surface area contributed by atoms with Crippen LogP contribution in [0, 0.1) is 0 Å². The van der Waals surface area contributed by atoms with Gasteiger partial charge in [-0.25, -0.2) is 4.79 Å². The summed E-state index contributed by atoms with van der Waals surface area (Å²) in [6.07, 6.45) is 2.08. The Morgan fingerprint density at radius 2 is 1.78 bits per heavy atom. The summed E-state index contributed by atoms with van der Waals surface area (Å²) in [5.74, 6) is 1.26. The van der Waals surface area contributed by atoms with Crippen LogP contribution in [0.4, 0.5) is 0 Å². The van der Waals surface area contributed by atoms with Crippen LogP contribution in [0.15, 0.2) is 65.6 Å². The number of benzene rings is 3. The molecule has 3 aromatic rings. The maximum absolute atomic E-state index is 11.7. The lowest BCUT2D eigenvalue weighted by molar-refractivity contribution is 0.0600. The van der Waals surface area contributed by atoms with Gasteiger partial charge >= 0.3 is 5.97 Å². The molecule has 32 heavy (non-hydrogen) atoms. The van der Waals surface area contributed by atoms with Crippen molar-refractivity contribution in [2.24, 2.45) is 0 Å². The summed E-state index contributed by atoms with van der Waals surface area (Å²) in [7, 11) is 3.08. The second-order valence-corrected chi connectivity index (χ2v) is 8.52. The molecule has 6 heteroatoms. The lowest BCUT2D eigenvalue weighted by Gasteiger charge is -2.20. The van der Waals surface area contributed by atoms with Crippen LogP contribution in [0.1, 0.15) is 21.5 Å². The van der Waals surface area contributed by atoms with Crippen molar-refractivity contribution in [3.05, 3.63) is 77.4 Å². The highest BCUT2D eigenvalue weighted by atomic mass is 32.2. The van der Waals surface area contributed by atoms with E-state index in [0.717, 1.165) is 53.4 Å². The van der Waals surface area contributed by atoms with E-state index in [1.165, 1.54) is 12.0 Å². The van der Waals surface area contributed by atoms with Gasteiger partial charge in [0.25, 0.3) is 0 Å². The molecule has 0 spiro atoms. The van der Waals surface area contributed by atoms with E-state index in [4.69, 9.17) is 14.2 Å². The number of rotatable bonds is 6. The Labute approximate surface area is 193 Å². The molecule has 0 aromatic heterocycles. The van der Waals surface area contributed by atoms with Gasteiger partial charge in [0.05, 0.1) is 19.8 Å². The molecule has 0 radical (unpaired) electrons. The molecule has 0 fully saturated rings. The molecule has 0 aliphatic carbocycles. The first-order valence-corrected chi connectivity index (χ1v) is 11.7. The summed E-state index contributed by atoms with van der Waals surface area (Å²) in [6.45, 7) is 2.90. The zero-order chi connectivity index (χ0) is 22.5. The molecule has 0 N–H and O–H groups in total. The number of carbonyl (C=O) groups excluding carboxylic acids is 1. The summed E-state index contributed by atoms with van der Waals surface area (Å²) in [5.41, 5.74) is 5.07. The fourth-order valence-electron chi connectivity index (χ4n) is 3.90. The van der Waals surface area contributed by atoms with Gasteiger partial charge in [-0.15, -0.1) is 11.8 Å². The molecular weight excluding hydrogens is 422 g/mol. The van der Waals surface area contributed by atoms with E-state index in [9.17, 15) is 4.79 Å². The van der Waals surface area contributed by atoms with Crippen molar-refractivity contribution in [3.63, 3.8) is 0 Å². The first-order valence-electron chi connectivity index (χ1n) is 10.5. The molecule has 1 heterocycles. The predicted octanol–water partition coefficient (Wildman–Crippen LogP) is 5.27. The lowest BCUT2D eigenvalue weighted by Crippen LogP contribution is -2.25.